The quantitative estimate of drug-likeness (QED) is 0.634. The number of thiazole rings is 1. The maximum atomic E-state index is 10.1. The van der Waals surface area contributed by atoms with Gasteiger partial charge in [-0.25, -0.2) is 4.98 Å². The number of aliphatic hydroxyl groups is 2. The number of pyridine rings is 1. The molecule has 1 aliphatic carbocycles. The Bertz CT molecular complexity index is 899. The number of rotatable bonds is 5. The Morgan fingerprint density at radius 1 is 1.15 bits per heavy atom. The second-order valence-corrected chi connectivity index (χ2v) is 7.52. The largest absolute Gasteiger partial charge is 0.457 e. The van der Waals surface area contributed by atoms with Crippen molar-refractivity contribution in [3.8, 4) is 11.5 Å². The van der Waals surface area contributed by atoms with Crippen molar-refractivity contribution in [1.82, 2.24) is 9.97 Å². The van der Waals surface area contributed by atoms with E-state index in [4.69, 9.17) is 4.74 Å². The van der Waals surface area contributed by atoms with Crippen LogP contribution < -0.4 is 10.1 Å². The number of nitrogens with zero attached hydrogens (tertiary/aromatic N) is 2. The average Bonchev–Trinajstić information content (AvgIpc) is 3.05. The van der Waals surface area contributed by atoms with E-state index in [1.165, 1.54) is 0 Å². The number of aromatic nitrogens is 2. The lowest BCUT2D eigenvalue weighted by Gasteiger charge is -2.27. The number of hydrogen-bond donors (Lipinski definition) is 3. The second-order valence-electron chi connectivity index (χ2n) is 6.49. The SMILES string of the molecule is OCc1cc(Oc2ccc3nc(N[C@@H]4CCCC[C@H]4O)sc3c2)ccn1. The molecule has 3 N–H and O–H groups in total. The molecule has 0 spiro atoms. The molecule has 26 heavy (non-hydrogen) atoms. The van der Waals surface area contributed by atoms with Crippen LogP contribution in [0.1, 0.15) is 31.4 Å². The van der Waals surface area contributed by atoms with Gasteiger partial charge in [-0.15, -0.1) is 0 Å². The van der Waals surface area contributed by atoms with Crippen LogP contribution >= 0.6 is 11.3 Å². The number of aliphatic hydroxyl groups excluding tert-OH is 2. The van der Waals surface area contributed by atoms with E-state index in [2.05, 4.69) is 15.3 Å². The first kappa shape index (κ1) is 17.2. The highest BCUT2D eigenvalue weighted by Gasteiger charge is 2.23. The maximum Gasteiger partial charge on any atom is 0.184 e. The second kappa shape index (κ2) is 7.57. The van der Waals surface area contributed by atoms with E-state index in [1.54, 1.807) is 29.7 Å². The summed E-state index contributed by atoms with van der Waals surface area (Å²) in [5.74, 6) is 1.34. The first-order chi connectivity index (χ1) is 12.7. The smallest absolute Gasteiger partial charge is 0.184 e. The summed E-state index contributed by atoms with van der Waals surface area (Å²) in [6.45, 7) is -0.118. The molecule has 136 valence electrons. The van der Waals surface area contributed by atoms with Gasteiger partial charge in [0.1, 0.15) is 11.5 Å². The number of benzene rings is 1. The standard InChI is InChI=1S/C19H21N3O3S/c23-11-12-9-14(7-8-20-12)25-13-5-6-16-18(10-13)26-19(22-16)21-15-3-1-2-4-17(15)24/h5-10,15,17,23-24H,1-4,11H2,(H,21,22)/t15-,17-/m1/s1. The molecule has 3 aromatic rings. The zero-order chi connectivity index (χ0) is 17.9. The third-order valence-electron chi connectivity index (χ3n) is 4.58. The minimum Gasteiger partial charge on any atom is -0.457 e. The summed E-state index contributed by atoms with van der Waals surface area (Å²) in [4.78, 5) is 8.66. The lowest BCUT2D eigenvalue weighted by Crippen LogP contribution is -2.36. The van der Waals surface area contributed by atoms with Gasteiger partial charge in [0, 0.05) is 18.3 Å². The third kappa shape index (κ3) is 3.80. The van der Waals surface area contributed by atoms with Crippen molar-refractivity contribution < 1.29 is 14.9 Å². The Hall–Kier alpha value is -2.22. The molecule has 1 saturated carbocycles. The van der Waals surface area contributed by atoms with Crippen LogP contribution in [0.25, 0.3) is 10.2 Å². The molecule has 0 radical (unpaired) electrons. The molecule has 0 saturated heterocycles. The van der Waals surface area contributed by atoms with Crippen LogP contribution in [0.4, 0.5) is 5.13 Å². The van der Waals surface area contributed by atoms with E-state index in [9.17, 15) is 10.2 Å². The van der Waals surface area contributed by atoms with E-state index >= 15 is 0 Å². The van der Waals surface area contributed by atoms with Gasteiger partial charge in [-0.3, -0.25) is 4.98 Å². The fourth-order valence-electron chi connectivity index (χ4n) is 3.21. The van der Waals surface area contributed by atoms with Gasteiger partial charge >= 0.3 is 0 Å². The van der Waals surface area contributed by atoms with E-state index in [0.29, 0.717) is 17.2 Å². The Morgan fingerprint density at radius 2 is 2.00 bits per heavy atom. The Balaban J connectivity index is 1.51. The molecule has 1 aliphatic rings. The van der Waals surface area contributed by atoms with Crippen LogP contribution in [-0.4, -0.2) is 32.3 Å². The van der Waals surface area contributed by atoms with Gasteiger partial charge < -0.3 is 20.3 Å². The molecule has 2 heterocycles. The molecule has 6 nitrogen and oxygen atoms in total. The first-order valence-corrected chi connectivity index (χ1v) is 9.62. The number of fused-ring (bicyclic) bond motifs is 1. The first-order valence-electron chi connectivity index (χ1n) is 8.80. The zero-order valence-electron chi connectivity index (χ0n) is 14.3. The van der Waals surface area contributed by atoms with Crippen molar-refractivity contribution in [3.05, 3.63) is 42.2 Å². The molecular formula is C19H21N3O3S. The lowest BCUT2D eigenvalue weighted by molar-refractivity contribution is 0.116. The van der Waals surface area contributed by atoms with Crippen molar-refractivity contribution >= 4 is 26.7 Å². The predicted octanol–water partition coefficient (Wildman–Crippen LogP) is 3.69. The summed E-state index contributed by atoms with van der Waals surface area (Å²) in [5.41, 5.74) is 1.47. The summed E-state index contributed by atoms with van der Waals surface area (Å²) in [5, 5.41) is 23.5. The average molecular weight is 371 g/mol. The minimum atomic E-state index is -0.304. The highest BCUT2D eigenvalue weighted by Crippen LogP contribution is 2.32. The molecule has 2 atom stereocenters. The topological polar surface area (TPSA) is 87.5 Å². The monoisotopic (exact) mass is 371 g/mol. The molecule has 1 fully saturated rings. The molecule has 1 aromatic carbocycles. The van der Waals surface area contributed by atoms with Gasteiger partial charge in [0.2, 0.25) is 0 Å². The Labute approximate surface area is 155 Å². The van der Waals surface area contributed by atoms with Gasteiger partial charge in [-0.1, -0.05) is 24.2 Å². The molecule has 4 rings (SSSR count). The van der Waals surface area contributed by atoms with E-state index in [0.717, 1.165) is 41.0 Å². The molecule has 7 heteroatoms. The van der Waals surface area contributed by atoms with Crippen molar-refractivity contribution in [2.45, 2.75) is 44.4 Å². The number of nitrogens with one attached hydrogen (secondary N) is 1. The third-order valence-corrected chi connectivity index (χ3v) is 5.53. The fraction of sp³-hybridized carbons (Fsp3) is 0.368. The summed E-state index contributed by atoms with van der Waals surface area (Å²) in [6, 6.07) is 9.31. The van der Waals surface area contributed by atoms with E-state index in [-0.39, 0.29) is 18.8 Å². The predicted molar refractivity (Wildman–Crippen MR) is 102 cm³/mol. The summed E-state index contributed by atoms with van der Waals surface area (Å²) >= 11 is 1.56. The van der Waals surface area contributed by atoms with Crippen molar-refractivity contribution in [1.29, 1.82) is 0 Å². The number of hydrogen-bond acceptors (Lipinski definition) is 7. The van der Waals surface area contributed by atoms with Crippen molar-refractivity contribution in [3.63, 3.8) is 0 Å². The number of anilines is 1. The molecule has 0 unspecified atom stereocenters. The Kier molecular flexibility index (Phi) is 5.01. The van der Waals surface area contributed by atoms with Crippen LogP contribution in [0.2, 0.25) is 0 Å². The van der Waals surface area contributed by atoms with Crippen LogP contribution in [0, 0.1) is 0 Å². The number of ether oxygens (including phenoxy) is 1. The lowest BCUT2D eigenvalue weighted by atomic mass is 9.93. The van der Waals surface area contributed by atoms with Gasteiger partial charge in [0.15, 0.2) is 5.13 Å². The van der Waals surface area contributed by atoms with Gasteiger partial charge in [-0.2, -0.15) is 0 Å². The maximum absolute atomic E-state index is 10.1. The van der Waals surface area contributed by atoms with E-state index < -0.39 is 0 Å². The highest BCUT2D eigenvalue weighted by atomic mass is 32.1. The van der Waals surface area contributed by atoms with Crippen molar-refractivity contribution in [2.24, 2.45) is 0 Å². The summed E-state index contributed by atoms with van der Waals surface area (Å²) < 4.78 is 6.89. The highest BCUT2D eigenvalue weighted by molar-refractivity contribution is 7.22. The van der Waals surface area contributed by atoms with E-state index in [1.807, 2.05) is 18.2 Å². The van der Waals surface area contributed by atoms with Crippen LogP contribution in [-0.2, 0) is 6.61 Å². The van der Waals surface area contributed by atoms with Crippen LogP contribution in [0.3, 0.4) is 0 Å². The molecular weight excluding hydrogens is 350 g/mol. The summed E-state index contributed by atoms with van der Waals surface area (Å²) in [7, 11) is 0. The summed E-state index contributed by atoms with van der Waals surface area (Å²) in [6.07, 6.45) is 5.36. The Morgan fingerprint density at radius 3 is 2.85 bits per heavy atom. The van der Waals surface area contributed by atoms with Gasteiger partial charge in [0.05, 0.1) is 34.7 Å². The zero-order valence-corrected chi connectivity index (χ0v) is 15.1. The van der Waals surface area contributed by atoms with Gasteiger partial charge in [0.25, 0.3) is 0 Å². The van der Waals surface area contributed by atoms with Crippen LogP contribution in [0.5, 0.6) is 11.5 Å². The van der Waals surface area contributed by atoms with Crippen LogP contribution in [0.15, 0.2) is 36.5 Å². The normalized spacial score (nSPS) is 20.2. The molecule has 2 aromatic heterocycles. The van der Waals surface area contributed by atoms with Gasteiger partial charge in [-0.05, 0) is 31.0 Å². The fourth-order valence-corrected chi connectivity index (χ4v) is 4.17. The van der Waals surface area contributed by atoms with Crippen molar-refractivity contribution in [2.75, 3.05) is 5.32 Å². The molecule has 0 aliphatic heterocycles. The molecule has 0 bridgehead atoms. The minimum absolute atomic E-state index is 0.0776. The molecule has 0 amide bonds.